The highest BCUT2D eigenvalue weighted by Crippen LogP contribution is 2.35. The van der Waals surface area contributed by atoms with Crippen molar-refractivity contribution in [2.24, 2.45) is 0 Å². The molecule has 5 nitrogen and oxygen atoms in total. The van der Waals surface area contributed by atoms with Gasteiger partial charge in [-0.05, 0) is 32.3 Å². The van der Waals surface area contributed by atoms with Crippen LogP contribution in [0.15, 0.2) is 6.33 Å². The van der Waals surface area contributed by atoms with Crippen molar-refractivity contribution >= 4 is 33.3 Å². The van der Waals surface area contributed by atoms with Crippen LogP contribution in [0.1, 0.15) is 35.0 Å². The van der Waals surface area contributed by atoms with Gasteiger partial charge in [0.2, 0.25) is 0 Å². The Labute approximate surface area is 115 Å². The summed E-state index contributed by atoms with van der Waals surface area (Å²) in [6.45, 7) is 4.11. The van der Waals surface area contributed by atoms with Crippen molar-refractivity contribution in [3.05, 3.63) is 16.8 Å². The van der Waals surface area contributed by atoms with E-state index in [1.165, 1.54) is 30.5 Å². The molecule has 3 rings (SSSR count). The van der Waals surface area contributed by atoms with Crippen molar-refractivity contribution < 1.29 is 9.53 Å². The highest BCUT2D eigenvalue weighted by Gasteiger charge is 2.25. The van der Waals surface area contributed by atoms with Gasteiger partial charge in [0.05, 0.1) is 12.0 Å². The van der Waals surface area contributed by atoms with Gasteiger partial charge in [0, 0.05) is 6.04 Å². The fraction of sp³-hybridized carbons (Fsp3) is 0.462. The summed E-state index contributed by atoms with van der Waals surface area (Å²) in [4.78, 5) is 21.9. The molecule has 0 unspecified atom stereocenters. The molecule has 0 saturated heterocycles. The smallest absolute Gasteiger partial charge is 0.348 e. The number of nitrogens with one attached hydrogen (secondary N) is 1. The monoisotopic (exact) mass is 277 g/mol. The largest absolute Gasteiger partial charge is 0.462 e. The first-order valence-electron chi connectivity index (χ1n) is 6.38. The lowest BCUT2D eigenvalue weighted by Crippen LogP contribution is -2.05. The summed E-state index contributed by atoms with van der Waals surface area (Å²) in [5, 5.41) is 4.33. The fourth-order valence-electron chi connectivity index (χ4n) is 1.99. The van der Waals surface area contributed by atoms with E-state index in [0.29, 0.717) is 17.5 Å². The van der Waals surface area contributed by atoms with Crippen molar-refractivity contribution in [3.8, 4) is 0 Å². The number of aromatic nitrogens is 2. The number of fused-ring (bicyclic) bond motifs is 1. The topological polar surface area (TPSA) is 64.1 Å². The molecule has 100 valence electrons. The van der Waals surface area contributed by atoms with Crippen LogP contribution in [0, 0.1) is 6.92 Å². The normalized spacial score (nSPS) is 14.6. The molecule has 0 atom stereocenters. The molecule has 19 heavy (non-hydrogen) atoms. The van der Waals surface area contributed by atoms with Gasteiger partial charge >= 0.3 is 5.97 Å². The summed E-state index contributed by atoms with van der Waals surface area (Å²) in [5.41, 5.74) is 0.905. The van der Waals surface area contributed by atoms with Crippen LogP contribution in [0.2, 0.25) is 0 Å². The molecule has 0 spiro atoms. The van der Waals surface area contributed by atoms with Crippen molar-refractivity contribution in [1.82, 2.24) is 9.97 Å². The summed E-state index contributed by atoms with van der Waals surface area (Å²) in [7, 11) is 0. The van der Waals surface area contributed by atoms with Gasteiger partial charge in [0.1, 0.15) is 21.9 Å². The Hall–Kier alpha value is -1.69. The maximum absolute atomic E-state index is 11.9. The van der Waals surface area contributed by atoms with E-state index < -0.39 is 0 Å². The number of nitrogens with zero attached hydrogens (tertiary/aromatic N) is 2. The van der Waals surface area contributed by atoms with Gasteiger partial charge in [-0.15, -0.1) is 11.3 Å². The lowest BCUT2D eigenvalue weighted by atomic mass is 10.2. The van der Waals surface area contributed by atoms with Crippen LogP contribution in [0.5, 0.6) is 0 Å². The van der Waals surface area contributed by atoms with Crippen LogP contribution in [-0.2, 0) is 4.74 Å². The van der Waals surface area contributed by atoms with Gasteiger partial charge in [-0.3, -0.25) is 0 Å². The Morgan fingerprint density at radius 2 is 2.32 bits per heavy atom. The van der Waals surface area contributed by atoms with Crippen LogP contribution in [0.4, 0.5) is 5.82 Å². The van der Waals surface area contributed by atoms with E-state index in [1.807, 2.05) is 6.92 Å². The summed E-state index contributed by atoms with van der Waals surface area (Å²) >= 11 is 1.37. The SMILES string of the molecule is CCOC(=O)c1sc2ncnc(NC3CC3)c2c1C. The third-order valence-electron chi connectivity index (χ3n) is 3.11. The average Bonchev–Trinajstić information content (AvgIpc) is 3.13. The van der Waals surface area contributed by atoms with E-state index in [0.717, 1.165) is 21.6 Å². The van der Waals surface area contributed by atoms with E-state index >= 15 is 0 Å². The maximum Gasteiger partial charge on any atom is 0.348 e. The van der Waals surface area contributed by atoms with E-state index in [9.17, 15) is 4.79 Å². The molecule has 6 heteroatoms. The van der Waals surface area contributed by atoms with Gasteiger partial charge in [-0.1, -0.05) is 0 Å². The molecule has 0 amide bonds. The highest BCUT2D eigenvalue weighted by atomic mass is 32.1. The van der Waals surface area contributed by atoms with E-state index in [1.54, 1.807) is 6.92 Å². The standard InChI is InChI=1S/C13H15N3O2S/c1-3-18-13(17)10-7(2)9-11(16-8-4-5-8)14-6-15-12(9)19-10/h6,8H,3-5H2,1-2H3,(H,14,15,16). The Morgan fingerprint density at radius 1 is 1.53 bits per heavy atom. The molecule has 1 aliphatic carbocycles. The molecular formula is C13H15N3O2S. The van der Waals surface area contributed by atoms with Crippen molar-refractivity contribution in [3.63, 3.8) is 0 Å². The van der Waals surface area contributed by atoms with E-state index in [2.05, 4.69) is 15.3 Å². The molecule has 1 N–H and O–H groups in total. The highest BCUT2D eigenvalue weighted by molar-refractivity contribution is 7.20. The maximum atomic E-state index is 11.9. The minimum atomic E-state index is -0.277. The molecule has 0 aromatic carbocycles. The number of aryl methyl sites for hydroxylation is 1. The zero-order valence-electron chi connectivity index (χ0n) is 10.9. The Kier molecular flexibility index (Phi) is 3.10. The molecule has 2 heterocycles. The van der Waals surface area contributed by atoms with Crippen molar-refractivity contribution in [1.29, 1.82) is 0 Å². The van der Waals surface area contributed by atoms with Crippen LogP contribution in [0.3, 0.4) is 0 Å². The predicted molar refractivity (Wildman–Crippen MR) is 74.8 cm³/mol. The van der Waals surface area contributed by atoms with Gasteiger partial charge in [0.15, 0.2) is 0 Å². The van der Waals surface area contributed by atoms with Crippen LogP contribution in [0.25, 0.3) is 10.2 Å². The predicted octanol–water partition coefficient (Wildman–Crippen LogP) is 2.75. The zero-order valence-corrected chi connectivity index (χ0v) is 11.7. The summed E-state index contributed by atoms with van der Waals surface area (Å²) in [6.07, 6.45) is 3.90. The van der Waals surface area contributed by atoms with E-state index in [-0.39, 0.29) is 5.97 Å². The van der Waals surface area contributed by atoms with Crippen molar-refractivity contribution in [2.45, 2.75) is 32.7 Å². The average molecular weight is 277 g/mol. The number of thiophene rings is 1. The number of carbonyl (C=O) groups excluding carboxylic acids is 1. The number of hydrogen-bond acceptors (Lipinski definition) is 6. The minimum Gasteiger partial charge on any atom is -0.462 e. The third kappa shape index (κ3) is 2.28. The Morgan fingerprint density at radius 3 is 3.00 bits per heavy atom. The number of hydrogen-bond donors (Lipinski definition) is 1. The number of ether oxygens (including phenoxy) is 1. The van der Waals surface area contributed by atoms with E-state index in [4.69, 9.17) is 4.74 Å². The number of rotatable bonds is 4. The molecule has 0 bridgehead atoms. The number of carbonyl (C=O) groups is 1. The number of anilines is 1. The summed E-state index contributed by atoms with van der Waals surface area (Å²) in [6, 6.07) is 0.517. The molecule has 0 radical (unpaired) electrons. The second-order valence-electron chi connectivity index (χ2n) is 4.60. The third-order valence-corrected chi connectivity index (χ3v) is 4.29. The lowest BCUT2D eigenvalue weighted by Gasteiger charge is -2.05. The Bertz CT molecular complexity index is 634. The molecule has 1 aliphatic rings. The summed E-state index contributed by atoms with van der Waals surface area (Å²) in [5.74, 6) is 0.553. The number of esters is 1. The summed E-state index contributed by atoms with van der Waals surface area (Å²) < 4.78 is 5.07. The molecule has 1 fully saturated rings. The van der Waals surface area contributed by atoms with Crippen LogP contribution < -0.4 is 5.32 Å². The molecule has 1 saturated carbocycles. The molecular weight excluding hydrogens is 262 g/mol. The molecule has 2 aromatic heterocycles. The lowest BCUT2D eigenvalue weighted by molar-refractivity contribution is 0.0531. The zero-order chi connectivity index (χ0) is 13.4. The fourth-order valence-corrected chi connectivity index (χ4v) is 3.04. The van der Waals surface area contributed by atoms with Gasteiger partial charge in [-0.2, -0.15) is 0 Å². The van der Waals surface area contributed by atoms with Crippen LogP contribution >= 0.6 is 11.3 Å². The van der Waals surface area contributed by atoms with Crippen molar-refractivity contribution in [2.75, 3.05) is 11.9 Å². The first-order valence-corrected chi connectivity index (χ1v) is 7.20. The Balaban J connectivity index is 2.06. The quantitative estimate of drug-likeness (QED) is 0.871. The van der Waals surface area contributed by atoms with Gasteiger partial charge in [-0.25, -0.2) is 14.8 Å². The van der Waals surface area contributed by atoms with Crippen LogP contribution in [-0.4, -0.2) is 28.6 Å². The van der Waals surface area contributed by atoms with Gasteiger partial charge in [0.25, 0.3) is 0 Å². The molecule has 0 aliphatic heterocycles. The van der Waals surface area contributed by atoms with Gasteiger partial charge < -0.3 is 10.1 Å². The second-order valence-corrected chi connectivity index (χ2v) is 5.60. The first kappa shape index (κ1) is 12.3. The molecule has 2 aromatic rings. The minimum absolute atomic E-state index is 0.277. The first-order chi connectivity index (χ1) is 9.20. The second kappa shape index (κ2) is 4.77.